The number of rotatable bonds is 6. The van der Waals surface area contributed by atoms with Gasteiger partial charge in [-0.25, -0.2) is 19.6 Å². The average molecular weight is 642 g/mol. The van der Waals surface area contributed by atoms with Crippen molar-refractivity contribution in [2.75, 3.05) is 21.3 Å². The first kappa shape index (κ1) is 42.5. The molecule has 2 aromatic heterocycles. The van der Waals surface area contributed by atoms with Crippen LogP contribution in [0.3, 0.4) is 0 Å². The molecule has 4 N–H and O–H groups in total. The van der Waals surface area contributed by atoms with E-state index in [2.05, 4.69) is 19.9 Å². The summed E-state index contributed by atoms with van der Waals surface area (Å²) in [5.74, 6) is -0.0297. The molecule has 0 aliphatic carbocycles. The van der Waals surface area contributed by atoms with Gasteiger partial charge in [0.25, 0.3) is 0 Å². The fourth-order valence-corrected chi connectivity index (χ4v) is 4.71. The summed E-state index contributed by atoms with van der Waals surface area (Å²) in [6.45, 7) is 14.5. The minimum absolute atomic E-state index is 0. The van der Waals surface area contributed by atoms with E-state index in [-0.39, 0.29) is 57.1 Å². The quantitative estimate of drug-likeness (QED) is 0.140. The third-order valence-corrected chi connectivity index (χ3v) is 6.98. The first-order valence-electron chi connectivity index (χ1n) is 13.9. The fraction of sp³-hybridized carbons (Fsp3) is 0.364. The van der Waals surface area contributed by atoms with Gasteiger partial charge in [0.15, 0.2) is 11.6 Å². The number of nitrogens with zero attached hydrogens (tertiary/aromatic N) is 2. The molecular weight excluding hydrogens is 598 g/mol. The number of nitrogens with one attached hydrogen (secondary N) is 2. The standard InChI is InChI=1S/C16H20N2O3.C16H18N2O3.CH4O.B.Na.H/c2*1-8-6-9(2)13(16(20)21-5)7-12(8)14-10(3)17-15(18-14)11(4)19;1-2;;;/h6-7,11,19H,1-5H3,(H,17,18);6-7H,1-5H3,(H,17,18);2H,1H3;;;/q;;;;+1;-1. The van der Waals surface area contributed by atoms with E-state index in [4.69, 9.17) is 14.6 Å². The van der Waals surface area contributed by atoms with Gasteiger partial charge in [0.1, 0.15) is 11.9 Å². The number of aryl methyl sites for hydroxylation is 6. The zero-order chi connectivity index (χ0) is 33.5. The van der Waals surface area contributed by atoms with Crippen LogP contribution in [0.5, 0.6) is 0 Å². The smallest absolute Gasteiger partial charge is 1.00 e. The van der Waals surface area contributed by atoms with Gasteiger partial charge in [-0.3, -0.25) is 4.79 Å². The van der Waals surface area contributed by atoms with Crippen molar-refractivity contribution in [2.24, 2.45) is 0 Å². The number of methoxy groups -OCH3 is 2. The second-order valence-corrected chi connectivity index (χ2v) is 10.3. The van der Waals surface area contributed by atoms with Gasteiger partial charge < -0.3 is 31.1 Å². The summed E-state index contributed by atoms with van der Waals surface area (Å²) < 4.78 is 9.61. The summed E-state index contributed by atoms with van der Waals surface area (Å²) in [7, 11) is 3.72. The van der Waals surface area contributed by atoms with Crippen LogP contribution in [0.25, 0.3) is 22.5 Å². The maximum atomic E-state index is 11.8. The number of H-pyrrole nitrogens is 2. The zero-order valence-corrected chi connectivity index (χ0v) is 30.8. The Labute approximate surface area is 295 Å². The molecule has 1 atom stereocenters. The predicted molar refractivity (Wildman–Crippen MR) is 175 cm³/mol. The summed E-state index contributed by atoms with van der Waals surface area (Å²) in [5.41, 5.74) is 9.52. The van der Waals surface area contributed by atoms with Gasteiger partial charge in [-0.15, -0.1) is 0 Å². The van der Waals surface area contributed by atoms with Gasteiger partial charge in [0, 0.05) is 45.0 Å². The van der Waals surface area contributed by atoms with Crippen LogP contribution in [-0.2, 0) is 9.47 Å². The topological polar surface area (TPSA) is 167 Å². The molecule has 0 fully saturated rings. The van der Waals surface area contributed by atoms with E-state index in [1.165, 1.54) is 21.1 Å². The Morgan fingerprint density at radius 3 is 1.46 bits per heavy atom. The van der Waals surface area contributed by atoms with Gasteiger partial charge in [-0.05, 0) is 82.9 Å². The summed E-state index contributed by atoms with van der Waals surface area (Å²) >= 11 is 0. The summed E-state index contributed by atoms with van der Waals surface area (Å²) in [5, 5.41) is 16.6. The van der Waals surface area contributed by atoms with Gasteiger partial charge in [-0.1, -0.05) is 12.1 Å². The van der Waals surface area contributed by atoms with Crippen LogP contribution in [0, 0.1) is 41.5 Å². The molecule has 13 heteroatoms. The van der Waals surface area contributed by atoms with E-state index in [0.717, 1.165) is 57.6 Å². The maximum absolute atomic E-state index is 11.8. The van der Waals surface area contributed by atoms with Crippen molar-refractivity contribution in [1.29, 1.82) is 0 Å². The number of imidazole rings is 2. The van der Waals surface area contributed by atoms with E-state index in [0.29, 0.717) is 28.5 Å². The Morgan fingerprint density at radius 2 is 1.13 bits per heavy atom. The molecule has 2 aromatic carbocycles. The molecule has 4 rings (SSSR count). The molecule has 0 saturated carbocycles. The maximum Gasteiger partial charge on any atom is 1.00 e. The average Bonchev–Trinajstić information content (AvgIpc) is 3.56. The van der Waals surface area contributed by atoms with Crippen LogP contribution < -0.4 is 29.6 Å². The van der Waals surface area contributed by atoms with Gasteiger partial charge in [0.05, 0.1) is 36.7 Å². The Hall–Kier alpha value is -3.55. The molecule has 0 aliphatic heterocycles. The SMILES string of the molecule is CO.COC(=O)c1cc(-c2nc(C(C)=O)[nH]c2C)c(C)cc1C.COC(=O)c1cc(-c2nc(C(C)O)[nH]c2C)c(C)cc1C.[B].[H-].[Na+]. The minimum Gasteiger partial charge on any atom is -1.00 e. The number of ketones is 1. The molecular formula is C33H43BN4NaO7. The van der Waals surface area contributed by atoms with Gasteiger partial charge in [-0.2, -0.15) is 0 Å². The molecule has 0 bridgehead atoms. The van der Waals surface area contributed by atoms with Crippen molar-refractivity contribution < 1.29 is 65.1 Å². The Morgan fingerprint density at radius 1 is 0.739 bits per heavy atom. The molecule has 3 radical (unpaired) electrons. The van der Waals surface area contributed by atoms with E-state index >= 15 is 0 Å². The molecule has 0 amide bonds. The van der Waals surface area contributed by atoms with E-state index in [9.17, 15) is 19.5 Å². The van der Waals surface area contributed by atoms with Crippen LogP contribution in [0.1, 0.15) is 92.2 Å². The Kier molecular flexibility index (Phi) is 17.1. The molecule has 241 valence electrons. The van der Waals surface area contributed by atoms with Crippen molar-refractivity contribution in [3.8, 4) is 22.5 Å². The van der Waals surface area contributed by atoms with Crippen LogP contribution >= 0.6 is 0 Å². The number of benzene rings is 2. The second kappa shape index (κ2) is 18.6. The van der Waals surface area contributed by atoms with Gasteiger partial charge in [0.2, 0.25) is 0 Å². The van der Waals surface area contributed by atoms with Crippen molar-refractivity contribution in [3.63, 3.8) is 0 Å². The largest absolute Gasteiger partial charge is 1.00 e. The number of aromatic nitrogens is 4. The number of carbonyl (C=O) groups is 3. The van der Waals surface area contributed by atoms with Gasteiger partial charge >= 0.3 is 41.5 Å². The first-order chi connectivity index (χ1) is 20.7. The van der Waals surface area contributed by atoms with E-state index in [1.54, 1.807) is 19.1 Å². The number of ether oxygens (including phenoxy) is 2. The van der Waals surface area contributed by atoms with E-state index in [1.807, 2.05) is 53.7 Å². The van der Waals surface area contributed by atoms with Crippen molar-refractivity contribution in [3.05, 3.63) is 80.7 Å². The molecule has 4 aromatic rings. The third-order valence-electron chi connectivity index (χ3n) is 6.98. The monoisotopic (exact) mass is 641 g/mol. The van der Waals surface area contributed by atoms with Crippen LogP contribution in [-0.4, -0.2) is 77.6 Å². The molecule has 0 spiro atoms. The summed E-state index contributed by atoms with van der Waals surface area (Å²) in [6.07, 6.45) is -0.664. The second-order valence-electron chi connectivity index (χ2n) is 10.3. The van der Waals surface area contributed by atoms with E-state index < -0.39 is 6.10 Å². The number of Topliss-reactive ketones (excluding diaryl/α,β-unsaturated/α-hetero) is 1. The normalized spacial score (nSPS) is 10.5. The number of aliphatic hydroxyl groups excluding tert-OH is 2. The first-order valence-corrected chi connectivity index (χ1v) is 13.9. The van der Waals surface area contributed by atoms with Crippen molar-refractivity contribution >= 4 is 26.1 Å². The molecule has 11 nitrogen and oxygen atoms in total. The molecule has 0 aliphatic rings. The predicted octanol–water partition coefficient (Wildman–Crippen LogP) is 2.18. The summed E-state index contributed by atoms with van der Waals surface area (Å²) in [6, 6.07) is 7.43. The minimum atomic E-state index is -0.664. The number of hydrogen-bond acceptors (Lipinski definition) is 9. The van der Waals surface area contributed by atoms with Crippen molar-refractivity contribution in [1.82, 2.24) is 19.9 Å². The molecule has 1 unspecified atom stereocenters. The Balaban J connectivity index is 0. The Bertz CT molecular complexity index is 1690. The van der Waals surface area contributed by atoms with Crippen molar-refractivity contribution in [2.45, 2.75) is 61.5 Å². The van der Waals surface area contributed by atoms with Crippen LogP contribution in [0.15, 0.2) is 24.3 Å². The third kappa shape index (κ3) is 9.73. The number of esters is 2. The molecule has 0 saturated heterocycles. The molecule has 2 heterocycles. The van der Waals surface area contributed by atoms with Crippen LogP contribution in [0.2, 0.25) is 0 Å². The molecule has 46 heavy (non-hydrogen) atoms. The number of aliphatic hydroxyl groups is 2. The fourth-order valence-electron chi connectivity index (χ4n) is 4.71. The zero-order valence-electron chi connectivity index (χ0n) is 29.8. The summed E-state index contributed by atoms with van der Waals surface area (Å²) in [4.78, 5) is 49.9. The number of hydrogen-bond donors (Lipinski definition) is 4. The number of aromatic amines is 2. The number of carbonyl (C=O) groups excluding carboxylic acids is 3. The van der Waals surface area contributed by atoms with Crippen LogP contribution in [0.4, 0.5) is 0 Å².